The largest absolute Gasteiger partial charge is 0.352 e. The third-order valence-electron chi connectivity index (χ3n) is 5.52. The number of hydrogen-bond donors (Lipinski definition) is 2. The first-order chi connectivity index (χ1) is 13.6. The molecule has 4 nitrogen and oxygen atoms in total. The van der Waals surface area contributed by atoms with Gasteiger partial charge in [-0.25, -0.2) is 0 Å². The summed E-state index contributed by atoms with van der Waals surface area (Å²) in [5.74, 6) is 1.07. The zero-order chi connectivity index (χ0) is 19.9. The third-order valence-corrected chi connectivity index (χ3v) is 7.68. The van der Waals surface area contributed by atoms with Crippen LogP contribution in [0.25, 0.3) is 0 Å². The summed E-state index contributed by atoms with van der Waals surface area (Å²) in [5, 5.41) is 10.1. The average Bonchev–Trinajstić information content (AvgIpc) is 3.40. The van der Waals surface area contributed by atoms with Crippen LogP contribution in [-0.4, -0.2) is 24.9 Å². The van der Waals surface area contributed by atoms with Crippen LogP contribution in [0, 0.1) is 11.8 Å². The van der Waals surface area contributed by atoms with Gasteiger partial charge in [-0.05, 0) is 56.1 Å². The molecule has 28 heavy (non-hydrogen) atoms. The van der Waals surface area contributed by atoms with Crippen LogP contribution in [0.4, 0.5) is 0 Å². The lowest BCUT2D eigenvalue weighted by molar-refractivity contribution is 0.0936. The molecule has 1 saturated carbocycles. The van der Waals surface area contributed by atoms with E-state index in [2.05, 4.69) is 24.5 Å². The summed E-state index contributed by atoms with van der Waals surface area (Å²) < 4.78 is 0. The van der Waals surface area contributed by atoms with Crippen LogP contribution < -0.4 is 10.6 Å². The van der Waals surface area contributed by atoms with Gasteiger partial charge >= 0.3 is 0 Å². The fraction of sp³-hybridized carbons (Fsp3) is 0.545. The second kappa shape index (κ2) is 10.2. The van der Waals surface area contributed by atoms with E-state index in [9.17, 15) is 9.59 Å². The van der Waals surface area contributed by atoms with Crippen molar-refractivity contribution in [1.29, 1.82) is 0 Å². The number of aryl methyl sites for hydroxylation is 2. The van der Waals surface area contributed by atoms with Crippen LogP contribution in [0.2, 0.25) is 0 Å². The third kappa shape index (κ3) is 5.67. The molecule has 0 bridgehead atoms. The van der Waals surface area contributed by atoms with E-state index in [1.165, 1.54) is 9.75 Å². The summed E-state index contributed by atoms with van der Waals surface area (Å²) in [6.45, 7) is 5.67. The summed E-state index contributed by atoms with van der Waals surface area (Å²) in [6, 6.07) is 3.99. The first-order valence-electron chi connectivity index (χ1n) is 10.3. The normalized spacial score (nSPS) is 19.4. The minimum absolute atomic E-state index is 0.0376. The quantitative estimate of drug-likeness (QED) is 0.640. The monoisotopic (exact) mass is 418 g/mol. The lowest BCUT2D eigenvalue weighted by Gasteiger charge is -2.29. The van der Waals surface area contributed by atoms with Crippen LogP contribution >= 0.6 is 22.7 Å². The number of thiophene rings is 2. The summed E-state index contributed by atoms with van der Waals surface area (Å²) >= 11 is 3.30. The van der Waals surface area contributed by atoms with Gasteiger partial charge in [-0.15, -0.1) is 22.7 Å². The molecule has 3 rings (SSSR count). The number of amides is 2. The molecule has 2 atom stereocenters. The lowest BCUT2D eigenvalue weighted by atomic mass is 9.81. The van der Waals surface area contributed by atoms with Gasteiger partial charge in [0.05, 0.1) is 11.1 Å². The van der Waals surface area contributed by atoms with E-state index >= 15 is 0 Å². The minimum Gasteiger partial charge on any atom is -0.352 e. The zero-order valence-electron chi connectivity index (χ0n) is 16.8. The summed E-state index contributed by atoms with van der Waals surface area (Å²) in [6.07, 6.45) is 6.47. The maximum Gasteiger partial charge on any atom is 0.252 e. The number of carbonyl (C=O) groups excluding carboxylic acids is 2. The number of rotatable bonds is 8. The Labute approximate surface area is 175 Å². The van der Waals surface area contributed by atoms with Gasteiger partial charge in [0.2, 0.25) is 0 Å². The highest BCUT2D eigenvalue weighted by Gasteiger charge is 2.23. The van der Waals surface area contributed by atoms with E-state index in [4.69, 9.17) is 0 Å². The van der Waals surface area contributed by atoms with Crippen LogP contribution in [0.3, 0.4) is 0 Å². The van der Waals surface area contributed by atoms with Crippen LogP contribution in [0.15, 0.2) is 22.9 Å². The summed E-state index contributed by atoms with van der Waals surface area (Å²) in [5.41, 5.74) is 1.56. The molecule has 2 N–H and O–H groups in total. The van der Waals surface area contributed by atoms with Gasteiger partial charge in [0.15, 0.2) is 0 Å². The summed E-state index contributed by atoms with van der Waals surface area (Å²) in [7, 11) is 0. The fourth-order valence-electron chi connectivity index (χ4n) is 3.82. The maximum absolute atomic E-state index is 12.3. The number of nitrogens with one attached hydrogen (secondary N) is 2. The highest BCUT2D eigenvalue weighted by Crippen LogP contribution is 2.28. The Morgan fingerprint density at radius 1 is 0.893 bits per heavy atom. The molecule has 152 valence electrons. The van der Waals surface area contributed by atoms with Crippen molar-refractivity contribution in [3.63, 3.8) is 0 Å². The van der Waals surface area contributed by atoms with E-state index in [1.807, 2.05) is 22.9 Å². The molecule has 1 aliphatic carbocycles. The topological polar surface area (TPSA) is 58.2 Å². The molecule has 0 saturated heterocycles. The van der Waals surface area contributed by atoms with E-state index in [-0.39, 0.29) is 11.8 Å². The van der Waals surface area contributed by atoms with Crippen molar-refractivity contribution in [1.82, 2.24) is 10.6 Å². The lowest BCUT2D eigenvalue weighted by Crippen LogP contribution is -2.35. The minimum atomic E-state index is 0.0376. The van der Waals surface area contributed by atoms with Gasteiger partial charge in [0, 0.05) is 33.6 Å². The van der Waals surface area contributed by atoms with Crippen molar-refractivity contribution in [2.75, 3.05) is 13.1 Å². The number of hydrogen-bond acceptors (Lipinski definition) is 4. The van der Waals surface area contributed by atoms with E-state index < -0.39 is 0 Å². The molecule has 6 heteroatoms. The second-order valence-corrected chi connectivity index (χ2v) is 9.62. The zero-order valence-corrected chi connectivity index (χ0v) is 18.4. The van der Waals surface area contributed by atoms with E-state index in [0.717, 1.165) is 62.7 Å². The molecule has 2 aromatic heterocycles. The Kier molecular flexibility index (Phi) is 7.68. The number of carbonyl (C=O) groups is 2. The van der Waals surface area contributed by atoms with Crippen LogP contribution in [-0.2, 0) is 12.8 Å². The maximum atomic E-state index is 12.3. The van der Waals surface area contributed by atoms with Gasteiger partial charge in [0.1, 0.15) is 0 Å². The Hall–Kier alpha value is -1.66. The first-order valence-corrected chi connectivity index (χ1v) is 12.1. The van der Waals surface area contributed by atoms with Crippen LogP contribution in [0.1, 0.15) is 70.0 Å². The predicted molar refractivity (Wildman–Crippen MR) is 118 cm³/mol. The van der Waals surface area contributed by atoms with Gasteiger partial charge in [-0.1, -0.05) is 20.3 Å². The van der Waals surface area contributed by atoms with Crippen LogP contribution in [0.5, 0.6) is 0 Å². The second-order valence-electron chi connectivity index (χ2n) is 7.63. The molecule has 2 amide bonds. The molecule has 0 aliphatic heterocycles. The molecule has 1 fully saturated rings. The highest BCUT2D eigenvalue weighted by atomic mass is 32.1. The van der Waals surface area contributed by atoms with E-state index in [1.54, 1.807) is 22.7 Å². The van der Waals surface area contributed by atoms with Gasteiger partial charge < -0.3 is 10.6 Å². The molecule has 0 spiro atoms. The van der Waals surface area contributed by atoms with Crippen molar-refractivity contribution in [2.24, 2.45) is 11.8 Å². The average molecular weight is 419 g/mol. The Morgan fingerprint density at radius 3 is 1.75 bits per heavy atom. The molecule has 0 aromatic carbocycles. The Bertz CT molecular complexity index is 732. The molecular formula is C22H30N2O2S2. The van der Waals surface area contributed by atoms with Crippen molar-refractivity contribution < 1.29 is 9.59 Å². The van der Waals surface area contributed by atoms with Gasteiger partial charge in [-0.2, -0.15) is 0 Å². The molecule has 1 aliphatic rings. The Morgan fingerprint density at radius 2 is 1.36 bits per heavy atom. The molecule has 0 unspecified atom stereocenters. The standard InChI is InChI=1S/C22H30N2O2S2/c1-3-19-9-17(13-27-19)21(25)23-11-15-6-5-7-16(8-15)12-24-22(26)18-10-20(4-2)28-14-18/h9-10,13-16H,3-8,11-12H2,1-2H3,(H,23,25)(H,24,26)/t15-,16-/m1/s1. The van der Waals surface area contributed by atoms with Crippen molar-refractivity contribution in [3.05, 3.63) is 43.8 Å². The first kappa shape index (κ1) is 21.1. The predicted octanol–water partition coefficient (Wildman–Crippen LogP) is 4.90. The SMILES string of the molecule is CCc1cc(C(=O)NC[C@@H]2CCC[C@@H](CNC(=O)c3csc(CC)c3)C2)cs1. The Balaban J connectivity index is 1.42. The fourth-order valence-corrected chi connectivity index (χ4v) is 5.45. The van der Waals surface area contributed by atoms with E-state index in [0.29, 0.717) is 11.8 Å². The smallest absolute Gasteiger partial charge is 0.252 e. The molecule has 2 aromatic rings. The molecular weight excluding hydrogens is 388 g/mol. The van der Waals surface area contributed by atoms with Crippen molar-refractivity contribution in [2.45, 2.75) is 52.4 Å². The molecule has 0 radical (unpaired) electrons. The van der Waals surface area contributed by atoms with Gasteiger partial charge in [0.25, 0.3) is 11.8 Å². The molecule has 2 heterocycles. The van der Waals surface area contributed by atoms with Crippen molar-refractivity contribution in [3.8, 4) is 0 Å². The highest BCUT2D eigenvalue weighted by molar-refractivity contribution is 7.10. The van der Waals surface area contributed by atoms with Gasteiger partial charge in [-0.3, -0.25) is 9.59 Å². The van der Waals surface area contributed by atoms with Crippen molar-refractivity contribution >= 4 is 34.5 Å². The summed E-state index contributed by atoms with van der Waals surface area (Å²) in [4.78, 5) is 27.2.